The van der Waals surface area contributed by atoms with Crippen LogP contribution in [0.4, 0.5) is 0 Å². The van der Waals surface area contributed by atoms with Crippen molar-refractivity contribution in [1.82, 2.24) is 0 Å². The summed E-state index contributed by atoms with van der Waals surface area (Å²) in [4.78, 5) is 21.6. The molecule has 1 N–H and O–H groups in total. The van der Waals surface area contributed by atoms with Crippen molar-refractivity contribution < 1.29 is 19.4 Å². The molecule has 0 radical (unpaired) electrons. The van der Waals surface area contributed by atoms with Gasteiger partial charge in [-0.15, -0.1) is 12.4 Å². The van der Waals surface area contributed by atoms with Gasteiger partial charge in [-0.3, -0.25) is 4.79 Å². The molecule has 0 fully saturated rings. The first kappa shape index (κ1) is 14.5. The maximum atomic E-state index is 11.1. The molecule has 0 bridgehead atoms. The van der Waals surface area contributed by atoms with Gasteiger partial charge in [0.25, 0.3) is 0 Å². The van der Waals surface area contributed by atoms with Gasteiger partial charge in [0.2, 0.25) is 0 Å². The number of rotatable bonds is 4. The SMILES string of the molecule is CCCC(=O)Oc1ccc(C(=O)O)cc1.Cl. The molecule has 0 spiro atoms. The van der Waals surface area contributed by atoms with Gasteiger partial charge in [-0.2, -0.15) is 0 Å². The van der Waals surface area contributed by atoms with E-state index in [-0.39, 0.29) is 23.9 Å². The maximum Gasteiger partial charge on any atom is 0.335 e. The van der Waals surface area contributed by atoms with Crippen LogP contribution in [0.5, 0.6) is 5.75 Å². The van der Waals surface area contributed by atoms with Gasteiger partial charge >= 0.3 is 11.9 Å². The standard InChI is InChI=1S/C11H12O4.ClH/c1-2-3-10(12)15-9-6-4-8(5-7-9)11(13)14;/h4-7H,2-3H2,1H3,(H,13,14);1H. The first-order chi connectivity index (χ1) is 7.13. The lowest BCUT2D eigenvalue weighted by Gasteiger charge is -2.03. The monoisotopic (exact) mass is 244 g/mol. The molecule has 0 unspecified atom stereocenters. The second-order valence-corrected chi connectivity index (χ2v) is 3.05. The highest BCUT2D eigenvalue weighted by Gasteiger charge is 2.05. The van der Waals surface area contributed by atoms with Crippen LogP contribution in [0.2, 0.25) is 0 Å². The fourth-order valence-corrected chi connectivity index (χ4v) is 1.05. The summed E-state index contributed by atoms with van der Waals surface area (Å²) >= 11 is 0. The first-order valence-electron chi connectivity index (χ1n) is 4.67. The highest BCUT2D eigenvalue weighted by molar-refractivity contribution is 5.87. The van der Waals surface area contributed by atoms with E-state index in [9.17, 15) is 9.59 Å². The first-order valence-corrected chi connectivity index (χ1v) is 4.67. The molecule has 1 aromatic carbocycles. The van der Waals surface area contributed by atoms with Crippen molar-refractivity contribution in [3.63, 3.8) is 0 Å². The lowest BCUT2D eigenvalue weighted by Crippen LogP contribution is -2.07. The number of aromatic carboxylic acids is 1. The van der Waals surface area contributed by atoms with Crippen LogP contribution in [0.1, 0.15) is 30.1 Å². The maximum absolute atomic E-state index is 11.1. The molecular formula is C11H13ClO4. The number of benzene rings is 1. The van der Waals surface area contributed by atoms with Gasteiger partial charge in [-0.05, 0) is 30.7 Å². The Kier molecular flexibility index (Phi) is 6.18. The lowest BCUT2D eigenvalue weighted by molar-refractivity contribution is -0.134. The van der Waals surface area contributed by atoms with Crippen molar-refractivity contribution in [1.29, 1.82) is 0 Å². The summed E-state index contributed by atoms with van der Waals surface area (Å²) in [6, 6.07) is 5.74. The summed E-state index contributed by atoms with van der Waals surface area (Å²) in [5.41, 5.74) is 0.172. The van der Waals surface area contributed by atoms with E-state index in [0.717, 1.165) is 6.42 Å². The van der Waals surface area contributed by atoms with Gasteiger partial charge in [0.15, 0.2) is 0 Å². The van der Waals surface area contributed by atoms with Crippen LogP contribution >= 0.6 is 12.4 Å². The third kappa shape index (κ3) is 4.31. The number of hydrogen-bond acceptors (Lipinski definition) is 3. The van der Waals surface area contributed by atoms with E-state index >= 15 is 0 Å². The number of ether oxygens (including phenoxy) is 1. The number of hydrogen-bond donors (Lipinski definition) is 1. The Balaban J connectivity index is 0.00000225. The zero-order valence-corrected chi connectivity index (χ0v) is 9.62. The zero-order chi connectivity index (χ0) is 11.3. The molecule has 0 atom stereocenters. The van der Waals surface area contributed by atoms with E-state index in [0.29, 0.717) is 12.2 Å². The minimum atomic E-state index is -0.999. The predicted molar refractivity (Wildman–Crippen MR) is 61.2 cm³/mol. The van der Waals surface area contributed by atoms with Gasteiger partial charge in [0.05, 0.1) is 5.56 Å². The average Bonchev–Trinajstić information content (AvgIpc) is 2.18. The van der Waals surface area contributed by atoms with Gasteiger partial charge in [0.1, 0.15) is 5.75 Å². The molecule has 0 saturated heterocycles. The minimum absolute atomic E-state index is 0. The normalized spacial score (nSPS) is 9.06. The topological polar surface area (TPSA) is 63.6 Å². The molecule has 16 heavy (non-hydrogen) atoms. The molecule has 0 aliphatic heterocycles. The number of carbonyl (C=O) groups is 2. The van der Waals surface area contributed by atoms with Gasteiger partial charge in [-0.1, -0.05) is 6.92 Å². The van der Waals surface area contributed by atoms with Crippen LogP contribution in [0, 0.1) is 0 Å². The van der Waals surface area contributed by atoms with E-state index in [2.05, 4.69) is 0 Å². The average molecular weight is 245 g/mol. The van der Waals surface area contributed by atoms with Crippen LogP contribution in [0.15, 0.2) is 24.3 Å². The van der Waals surface area contributed by atoms with Crippen LogP contribution in [-0.4, -0.2) is 17.0 Å². The Bertz CT molecular complexity index is 359. The molecular weight excluding hydrogens is 232 g/mol. The van der Waals surface area contributed by atoms with E-state index < -0.39 is 5.97 Å². The molecule has 0 aromatic heterocycles. The van der Waals surface area contributed by atoms with Crippen molar-refractivity contribution in [3.05, 3.63) is 29.8 Å². The third-order valence-corrected chi connectivity index (χ3v) is 1.79. The lowest BCUT2D eigenvalue weighted by atomic mass is 10.2. The Morgan fingerprint density at radius 3 is 2.25 bits per heavy atom. The number of halogens is 1. The number of carboxylic acids is 1. The second-order valence-electron chi connectivity index (χ2n) is 3.05. The number of esters is 1. The molecule has 0 heterocycles. The Hall–Kier alpha value is -1.55. The summed E-state index contributed by atoms with van der Waals surface area (Å²) in [6.45, 7) is 1.88. The molecule has 1 aromatic rings. The quantitative estimate of drug-likeness (QED) is 0.653. The fourth-order valence-electron chi connectivity index (χ4n) is 1.05. The summed E-state index contributed by atoms with van der Waals surface area (Å²) in [7, 11) is 0. The van der Waals surface area contributed by atoms with Crippen LogP contribution in [0.3, 0.4) is 0 Å². The fraction of sp³-hybridized carbons (Fsp3) is 0.273. The summed E-state index contributed by atoms with van der Waals surface area (Å²) in [5, 5.41) is 8.63. The molecule has 0 saturated carbocycles. The molecule has 5 heteroatoms. The number of carbonyl (C=O) groups excluding carboxylic acids is 1. The molecule has 0 amide bonds. The van der Waals surface area contributed by atoms with Gasteiger partial charge in [-0.25, -0.2) is 4.79 Å². The third-order valence-electron chi connectivity index (χ3n) is 1.79. The van der Waals surface area contributed by atoms with Crippen molar-refractivity contribution in [3.8, 4) is 5.75 Å². The molecule has 88 valence electrons. The molecule has 1 rings (SSSR count). The van der Waals surface area contributed by atoms with E-state index in [1.807, 2.05) is 6.92 Å². The smallest absolute Gasteiger partial charge is 0.335 e. The van der Waals surface area contributed by atoms with Crippen LogP contribution in [0.25, 0.3) is 0 Å². The van der Waals surface area contributed by atoms with Crippen LogP contribution < -0.4 is 4.74 Å². The second kappa shape index (κ2) is 6.85. The van der Waals surface area contributed by atoms with E-state index in [1.54, 1.807) is 0 Å². The van der Waals surface area contributed by atoms with Crippen LogP contribution in [-0.2, 0) is 4.79 Å². The Labute approximate surface area is 99.6 Å². The van der Waals surface area contributed by atoms with Gasteiger partial charge < -0.3 is 9.84 Å². The van der Waals surface area contributed by atoms with Gasteiger partial charge in [0, 0.05) is 6.42 Å². The Morgan fingerprint density at radius 2 is 1.81 bits per heavy atom. The molecule has 0 aliphatic carbocycles. The van der Waals surface area contributed by atoms with E-state index in [4.69, 9.17) is 9.84 Å². The largest absolute Gasteiger partial charge is 0.478 e. The van der Waals surface area contributed by atoms with Crippen molar-refractivity contribution in [2.75, 3.05) is 0 Å². The summed E-state index contributed by atoms with van der Waals surface area (Å²) in [5.74, 6) is -0.930. The number of carboxylic acid groups (broad SMARTS) is 1. The zero-order valence-electron chi connectivity index (χ0n) is 8.80. The predicted octanol–water partition coefficient (Wildman–Crippen LogP) is 2.51. The summed E-state index contributed by atoms with van der Waals surface area (Å²) in [6.07, 6.45) is 1.09. The highest BCUT2D eigenvalue weighted by Crippen LogP contribution is 2.13. The molecule has 4 nitrogen and oxygen atoms in total. The Morgan fingerprint density at radius 1 is 1.25 bits per heavy atom. The van der Waals surface area contributed by atoms with Crippen molar-refractivity contribution in [2.45, 2.75) is 19.8 Å². The van der Waals surface area contributed by atoms with E-state index in [1.165, 1.54) is 24.3 Å². The minimum Gasteiger partial charge on any atom is -0.478 e. The molecule has 0 aliphatic rings. The highest BCUT2D eigenvalue weighted by atomic mass is 35.5. The van der Waals surface area contributed by atoms with Crippen molar-refractivity contribution >= 4 is 24.3 Å². The van der Waals surface area contributed by atoms with Crippen molar-refractivity contribution in [2.24, 2.45) is 0 Å². The summed E-state index contributed by atoms with van der Waals surface area (Å²) < 4.78 is 4.96.